The molecule has 0 spiro atoms. The fraction of sp³-hybridized carbons (Fsp3) is 0.312. The Morgan fingerprint density at radius 1 is 1.25 bits per heavy atom. The molecule has 2 aromatic heterocycles. The Hall–Kier alpha value is -2.48. The molecule has 0 radical (unpaired) electrons. The average molecular weight is 346 g/mol. The number of carbonyl (C=O) groups excluding carboxylic acids is 1. The third-order valence-corrected chi connectivity index (χ3v) is 5.09. The molecule has 0 unspecified atom stereocenters. The molecule has 0 N–H and O–H groups in total. The smallest absolute Gasteiger partial charge is 0.292 e. The summed E-state index contributed by atoms with van der Waals surface area (Å²) in [5.74, 6) is -0.117. The van der Waals surface area contributed by atoms with E-state index in [9.17, 15) is 9.18 Å². The SMILES string of the molecule is Cc1cc(C(=O)N2CCN(c3nc4ccc(F)cc4s3)CC2)on1. The van der Waals surface area contributed by atoms with Gasteiger partial charge in [0.15, 0.2) is 5.13 Å². The van der Waals surface area contributed by atoms with Crippen LogP contribution in [0.4, 0.5) is 9.52 Å². The third kappa shape index (κ3) is 2.73. The molecule has 8 heteroatoms. The molecule has 1 aliphatic rings. The van der Waals surface area contributed by atoms with Gasteiger partial charge in [0, 0.05) is 32.2 Å². The number of nitrogens with zero attached hydrogens (tertiary/aromatic N) is 4. The number of rotatable bonds is 2. The summed E-state index contributed by atoms with van der Waals surface area (Å²) >= 11 is 1.47. The second-order valence-electron chi connectivity index (χ2n) is 5.72. The van der Waals surface area contributed by atoms with Gasteiger partial charge in [-0.3, -0.25) is 4.79 Å². The summed E-state index contributed by atoms with van der Waals surface area (Å²) in [7, 11) is 0. The van der Waals surface area contributed by atoms with Crippen molar-refractivity contribution in [3.63, 3.8) is 0 Å². The van der Waals surface area contributed by atoms with Crippen molar-refractivity contribution in [2.45, 2.75) is 6.92 Å². The summed E-state index contributed by atoms with van der Waals surface area (Å²) < 4.78 is 19.2. The first kappa shape index (κ1) is 15.1. The first-order valence-electron chi connectivity index (χ1n) is 7.64. The zero-order valence-electron chi connectivity index (χ0n) is 13.0. The number of halogens is 1. The Labute approximate surface area is 141 Å². The highest BCUT2D eigenvalue weighted by Gasteiger charge is 2.26. The molecular formula is C16H15FN4O2S. The number of hydrogen-bond donors (Lipinski definition) is 0. The largest absolute Gasteiger partial charge is 0.351 e. The van der Waals surface area contributed by atoms with Gasteiger partial charge >= 0.3 is 0 Å². The number of benzene rings is 1. The molecule has 24 heavy (non-hydrogen) atoms. The van der Waals surface area contributed by atoms with E-state index in [1.165, 1.54) is 23.5 Å². The lowest BCUT2D eigenvalue weighted by molar-refractivity contribution is 0.0704. The van der Waals surface area contributed by atoms with Gasteiger partial charge in [-0.1, -0.05) is 16.5 Å². The molecule has 3 heterocycles. The number of amides is 1. The number of aryl methyl sites for hydroxylation is 1. The van der Waals surface area contributed by atoms with Crippen LogP contribution in [0.2, 0.25) is 0 Å². The molecule has 1 saturated heterocycles. The third-order valence-electron chi connectivity index (χ3n) is 4.02. The molecule has 1 amide bonds. The number of aromatic nitrogens is 2. The average Bonchev–Trinajstić information content (AvgIpc) is 3.20. The second kappa shape index (κ2) is 5.86. The number of hydrogen-bond acceptors (Lipinski definition) is 6. The van der Waals surface area contributed by atoms with Gasteiger partial charge in [-0.25, -0.2) is 9.37 Å². The van der Waals surface area contributed by atoms with Crippen molar-refractivity contribution in [1.82, 2.24) is 15.0 Å². The van der Waals surface area contributed by atoms with Gasteiger partial charge in [0.05, 0.1) is 15.9 Å². The van der Waals surface area contributed by atoms with Crippen LogP contribution in [0.3, 0.4) is 0 Å². The lowest BCUT2D eigenvalue weighted by Gasteiger charge is -2.33. The van der Waals surface area contributed by atoms with Crippen LogP contribution in [0.25, 0.3) is 10.2 Å². The Kier molecular flexibility index (Phi) is 3.68. The highest BCUT2D eigenvalue weighted by molar-refractivity contribution is 7.22. The molecule has 6 nitrogen and oxygen atoms in total. The zero-order chi connectivity index (χ0) is 16.7. The fourth-order valence-corrected chi connectivity index (χ4v) is 3.78. The van der Waals surface area contributed by atoms with Crippen molar-refractivity contribution in [2.75, 3.05) is 31.1 Å². The van der Waals surface area contributed by atoms with E-state index in [-0.39, 0.29) is 17.5 Å². The molecule has 0 saturated carbocycles. The number of carbonyl (C=O) groups is 1. The number of anilines is 1. The van der Waals surface area contributed by atoms with Crippen LogP contribution in [0, 0.1) is 12.7 Å². The summed E-state index contributed by atoms with van der Waals surface area (Å²) in [4.78, 5) is 20.8. The molecule has 1 fully saturated rings. The Morgan fingerprint density at radius 3 is 2.75 bits per heavy atom. The maximum atomic E-state index is 13.3. The lowest BCUT2D eigenvalue weighted by atomic mass is 10.3. The van der Waals surface area contributed by atoms with Crippen LogP contribution in [0.5, 0.6) is 0 Å². The topological polar surface area (TPSA) is 62.5 Å². The molecule has 0 bridgehead atoms. The van der Waals surface area contributed by atoms with Crippen molar-refractivity contribution >= 4 is 32.6 Å². The van der Waals surface area contributed by atoms with Crippen molar-refractivity contribution < 1.29 is 13.7 Å². The lowest BCUT2D eigenvalue weighted by Crippen LogP contribution is -2.48. The summed E-state index contributed by atoms with van der Waals surface area (Å²) in [5, 5.41) is 4.61. The highest BCUT2D eigenvalue weighted by Crippen LogP contribution is 2.30. The Bertz CT molecular complexity index is 899. The summed E-state index contributed by atoms with van der Waals surface area (Å²) in [5.41, 5.74) is 1.49. The first-order chi connectivity index (χ1) is 11.6. The first-order valence-corrected chi connectivity index (χ1v) is 8.45. The van der Waals surface area contributed by atoms with E-state index in [1.807, 2.05) is 0 Å². The van der Waals surface area contributed by atoms with Crippen molar-refractivity contribution in [1.29, 1.82) is 0 Å². The predicted octanol–water partition coefficient (Wildman–Crippen LogP) is 2.69. The van der Waals surface area contributed by atoms with E-state index < -0.39 is 0 Å². The number of piperazine rings is 1. The van der Waals surface area contributed by atoms with Crippen LogP contribution in [0.15, 0.2) is 28.8 Å². The molecular weight excluding hydrogens is 331 g/mol. The van der Waals surface area contributed by atoms with E-state index in [0.29, 0.717) is 31.9 Å². The van der Waals surface area contributed by atoms with E-state index >= 15 is 0 Å². The zero-order valence-corrected chi connectivity index (χ0v) is 13.8. The molecule has 0 aliphatic carbocycles. The van der Waals surface area contributed by atoms with Gasteiger partial charge < -0.3 is 14.3 Å². The summed E-state index contributed by atoms with van der Waals surface area (Å²) in [6.07, 6.45) is 0. The summed E-state index contributed by atoms with van der Waals surface area (Å²) in [6.45, 7) is 4.32. The van der Waals surface area contributed by atoms with Crippen LogP contribution in [-0.4, -0.2) is 47.1 Å². The second-order valence-corrected chi connectivity index (χ2v) is 6.73. The van der Waals surface area contributed by atoms with Crippen LogP contribution >= 0.6 is 11.3 Å². The number of thiazole rings is 1. The van der Waals surface area contributed by atoms with Gasteiger partial charge in [-0.2, -0.15) is 0 Å². The van der Waals surface area contributed by atoms with Gasteiger partial charge in [-0.05, 0) is 25.1 Å². The number of fused-ring (bicyclic) bond motifs is 1. The molecule has 3 aromatic rings. The quantitative estimate of drug-likeness (QED) is 0.714. The maximum absolute atomic E-state index is 13.3. The Balaban J connectivity index is 1.46. The Morgan fingerprint density at radius 2 is 2.04 bits per heavy atom. The monoisotopic (exact) mass is 346 g/mol. The molecule has 1 aromatic carbocycles. The van der Waals surface area contributed by atoms with Gasteiger partial charge in [-0.15, -0.1) is 0 Å². The van der Waals surface area contributed by atoms with E-state index in [2.05, 4.69) is 15.0 Å². The molecule has 0 atom stereocenters. The maximum Gasteiger partial charge on any atom is 0.292 e. The van der Waals surface area contributed by atoms with Crippen LogP contribution < -0.4 is 4.90 Å². The van der Waals surface area contributed by atoms with Crippen molar-refractivity contribution in [3.05, 3.63) is 41.5 Å². The normalized spacial score (nSPS) is 15.2. The molecule has 124 valence electrons. The van der Waals surface area contributed by atoms with Gasteiger partial charge in [0.2, 0.25) is 5.76 Å². The van der Waals surface area contributed by atoms with E-state index in [4.69, 9.17) is 4.52 Å². The summed E-state index contributed by atoms with van der Waals surface area (Å²) in [6, 6.07) is 6.26. The van der Waals surface area contributed by atoms with E-state index in [1.54, 1.807) is 24.0 Å². The minimum atomic E-state index is -0.254. The van der Waals surface area contributed by atoms with Crippen LogP contribution in [-0.2, 0) is 0 Å². The van der Waals surface area contributed by atoms with Crippen molar-refractivity contribution in [2.24, 2.45) is 0 Å². The predicted molar refractivity (Wildman–Crippen MR) is 88.9 cm³/mol. The highest BCUT2D eigenvalue weighted by atomic mass is 32.1. The minimum absolute atomic E-state index is 0.137. The molecule has 4 rings (SSSR count). The standard InChI is InChI=1S/C16H15FN4O2S/c1-10-8-13(23-19-10)15(22)20-4-6-21(7-5-20)16-18-12-3-2-11(17)9-14(12)24-16/h2-3,8-9H,4-7H2,1H3. The van der Waals surface area contributed by atoms with Crippen LogP contribution in [0.1, 0.15) is 16.2 Å². The molecule has 1 aliphatic heterocycles. The van der Waals surface area contributed by atoms with Gasteiger partial charge in [0.25, 0.3) is 5.91 Å². The van der Waals surface area contributed by atoms with E-state index in [0.717, 1.165) is 15.3 Å². The van der Waals surface area contributed by atoms with Crippen molar-refractivity contribution in [3.8, 4) is 0 Å². The minimum Gasteiger partial charge on any atom is -0.351 e. The van der Waals surface area contributed by atoms with Gasteiger partial charge in [0.1, 0.15) is 5.82 Å². The fourth-order valence-electron chi connectivity index (χ4n) is 2.74.